The van der Waals surface area contributed by atoms with Crippen LogP contribution in [0, 0.1) is 0 Å². The van der Waals surface area contributed by atoms with Crippen molar-refractivity contribution >= 4 is 11.7 Å². The molecule has 0 unspecified atom stereocenters. The highest BCUT2D eigenvalue weighted by Crippen LogP contribution is 2.26. The third-order valence-electron chi connectivity index (χ3n) is 4.27. The van der Waals surface area contributed by atoms with E-state index >= 15 is 0 Å². The fraction of sp³-hybridized carbons (Fsp3) is 0.444. The predicted molar refractivity (Wildman–Crippen MR) is 96.4 cm³/mol. The highest BCUT2D eigenvalue weighted by molar-refractivity contribution is 5.74. The van der Waals surface area contributed by atoms with Crippen molar-refractivity contribution in [1.82, 2.24) is 19.9 Å². The van der Waals surface area contributed by atoms with Gasteiger partial charge in [0.15, 0.2) is 5.82 Å². The summed E-state index contributed by atoms with van der Waals surface area (Å²) >= 11 is 0. The molecule has 2 aromatic heterocycles. The highest BCUT2D eigenvalue weighted by Gasteiger charge is 2.24. The smallest absolute Gasteiger partial charge is 0.219 e. The van der Waals surface area contributed by atoms with Crippen molar-refractivity contribution in [3.63, 3.8) is 0 Å². The van der Waals surface area contributed by atoms with Crippen LogP contribution >= 0.6 is 0 Å². The van der Waals surface area contributed by atoms with E-state index in [4.69, 9.17) is 4.74 Å². The van der Waals surface area contributed by atoms with E-state index in [9.17, 15) is 9.90 Å². The van der Waals surface area contributed by atoms with Crippen LogP contribution in [-0.2, 0) is 22.5 Å². The molecule has 1 aliphatic heterocycles. The Kier molecular flexibility index (Phi) is 5.75. The van der Waals surface area contributed by atoms with Gasteiger partial charge >= 0.3 is 0 Å². The zero-order chi connectivity index (χ0) is 18.5. The van der Waals surface area contributed by atoms with E-state index in [2.05, 4.69) is 20.3 Å². The first-order valence-electron chi connectivity index (χ1n) is 8.56. The zero-order valence-corrected chi connectivity index (χ0v) is 15.0. The number of carbonyl (C=O) groups is 1. The summed E-state index contributed by atoms with van der Waals surface area (Å²) in [4.78, 5) is 27.1. The molecule has 0 bridgehead atoms. The lowest BCUT2D eigenvalue weighted by molar-refractivity contribution is -0.129. The molecule has 8 nitrogen and oxygen atoms in total. The van der Waals surface area contributed by atoms with Gasteiger partial charge in [-0.2, -0.15) is 0 Å². The first-order valence-corrected chi connectivity index (χ1v) is 8.56. The molecule has 1 amide bonds. The molecule has 1 aliphatic rings. The summed E-state index contributed by atoms with van der Waals surface area (Å²) in [5.74, 6) is 1.20. The molecule has 0 fully saturated rings. The number of hydrogen-bond donors (Lipinski definition) is 2. The van der Waals surface area contributed by atoms with Gasteiger partial charge in [-0.15, -0.1) is 0 Å². The first-order chi connectivity index (χ1) is 12.6. The summed E-state index contributed by atoms with van der Waals surface area (Å²) in [6.07, 6.45) is 1.72. The van der Waals surface area contributed by atoms with Crippen molar-refractivity contribution in [3.8, 4) is 11.5 Å². The van der Waals surface area contributed by atoms with Gasteiger partial charge in [-0.1, -0.05) is 6.07 Å². The van der Waals surface area contributed by atoms with Gasteiger partial charge in [-0.3, -0.25) is 9.78 Å². The number of methoxy groups -OCH3 is 1. The fourth-order valence-electron chi connectivity index (χ4n) is 2.92. The topological polar surface area (TPSA) is 100 Å². The summed E-state index contributed by atoms with van der Waals surface area (Å²) in [7, 11) is 1.55. The number of anilines is 1. The molecule has 0 spiro atoms. The number of aliphatic hydroxyl groups is 1. The quantitative estimate of drug-likeness (QED) is 0.791. The fourth-order valence-corrected chi connectivity index (χ4v) is 2.92. The molecule has 138 valence electrons. The summed E-state index contributed by atoms with van der Waals surface area (Å²) < 4.78 is 4.96. The molecule has 3 heterocycles. The van der Waals surface area contributed by atoms with Crippen molar-refractivity contribution in [1.29, 1.82) is 0 Å². The van der Waals surface area contributed by atoms with E-state index in [0.29, 0.717) is 43.4 Å². The summed E-state index contributed by atoms with van der Waals surface area (Å²) in [5.41, 5.74) is 2.45. The zero-order valence-electron chi connectivity index (χ0n) is 15.0. The highest BCUT2D eigenvalue weighted by atomic mass is 16.5. The summed E-state index contributed by atoms with van der Waals surface area (Å²) in [6.45, 7) is 3.19. The minimum atomic E-state index is -0.638. The van der Waals surface area contributed by atoms with E-state index in [1.807, 2.05) is 18.2 Å². The van der Waals surface area contributed by atoms with Gasteiger partial charge in [0, 0.05) is 38.9 Å². The summed E-state index contributed by atoms with van der Waals surface area (Å²) in [6, 6.07) is 5.55. The van der Waals surface area contributed by atoms with E-state index in [1.54, 1.807) is 25.1 Å². The number of amides is 1. The molecule has 2 aromatic rings. The number of aliphatic hydroxyl groups excluding tert-OH is 1. The van der Waals surface area contributed by atoms with Crippen LogP contribution in [-0.4, -0.2) is 63.8 Å². The van der Waals surface area contributed by atoms with E-state index in [-0.39, 0.29) is 12.5 Å². The van der Waals surface area contributed by atoms with Crippen LogP contribution in [0.1, 0.15) is 18.2 Å². The maximum atomic E-state index is 11.7. The second-order valence-electron chi connectivity index (χ2n) is 6.22. The SMILES string of the molecule is COC[C@H](O)CNc1nc(-c2ccccn2)nc2c1CCN(C(C)=O)C2. The number of fused-ring (bicyclic) bond motifs is 1. The number of hydrogen-bond acceptors (Lipinski definition) is 7. The second-order valence-corrected chi connectivity index (χ2v) is 6.22. The Morgan fingerprint density at radius 3 is 2.96 bits per heavy atom. The Morgan fingerprint density at radius 1 is 1.42 bits per heavy atom. The average molecular weight is 357 g/mol. The van der Waals surface area contributed by atoms with Crippen LogP contribution in [0.3, 0.4) is 0 Å². The van der Waals surface area contributed by atoms with Crippen LogP contribution in [0.15, 0.2) is 24.4 Å². The van der Waals surface area contributed by atoms with Gasteiger partial charge in [0.25, 0.3) is 0 Å². The van der Waals surface area contributed by atoms with Gasteiger partial charge in [0.05, 0.1) is 24.9 Å². The van der Waals surface area contributed by atoms with Crippen LogP contribution in [0.25, 0.3) is 11.5 Å². The molecular weight excluding hydrogens is 334 g/mol. The van der Waals surface area contributed by atoms with Gasteiger partial charge in [0.1, 0.15) is 11.5 Å². The lowest BCUT2D eigenvalue weighted by atomic mass is 10.0. The lowest BCUT2D eigenvalue weighted by Crippen LogP contribution is -2.36. The number of rotatable bonds is 6. The van der Waals surface area contributed by atoms with Crippen molar-refractivity contribution in [2.45, 2.75) is 26.0 Å². The van der Waals surface area contributed by atoms with Crippen LogP contribution in [0.4, 0.5) is 5.82 Å². The molecule has 0 radical (unpaired) electrons. The van der Waals surface area contributed by atoms with E-state index in [1.165, 1.54) is 0 Å². The molecule has 0 saturated heterocycles. The molecule has 0 aliphatic carbocycles. The molecule has 1 atom stereocenters. The van der Waals surface area contributed by atoms with Crippen LogP contribution in [0.2, 0.25) is 0 Å². The Morgan fingerprint density at radius 2 is 2.27 bits per heavy atom. The molecule has 26 heavy (non-hydrogen) atoms. The number of ether oxygens (including phenoxy) is 1. The van der Waals surface area contributed by atoms with Crippen molar-refractivity contribution < 1.29 is 14.6 Å². The van der Waals surface area contributed by atoms with Crippen molar-refractivity contribution in [2.24, 2.45) is 0 Å². The van der Waals surface area contributed by atoms with E-state index in [0.717, 1.165) is 11.3 Å². The molecule has 0 aromatic carbocycles. The average Bonchev–Trinajstić information content (AvgIpc) is 2.66. The van der Waals surface area contributed by atoms with Gasteiger partial charge in [-0.25, -0.2) is 9.97 Å². The molecule has 0 saturated carbocycles. The van der Waals surface area contributed by atoms with Gasteiger partial charge < -0.3 is 20.1 Å². The minimum Gasteiger partial charge on any atom is -0.389 e. The predicted octanol–water partition coefficient (Wildman–Crippen LogP) is 0.862. The largest absolute Gasteiger partial charge is 0.389 e. The summed E-state index contributed by atoms with van der Waals surface area (Å²) in [5, 5.41) is 13.1. The Labute approximate surface area is 152 Å². The molecular formula is C18H23N5O3. The third kappa shape index (κ3) is 4.14. The second kappa shape index (κ2) is 8.20. The number of nitrogens with zero attached hydrogens (tertiary/aromatic N) is 4. The molecule has 3 rings (SSSR count). The number of pyridine rings is 1. The van der Waals surface area contributed by atoms with Crippen molar-refractivity contribution in [3.05, 3.63) is 35.7 Å². The molecule has 8 heteroatoms. The van der Waals surface area contributed by atoms with E-state index < -0.39 is 6.10 Å². The number of nitrogens with one attached hydrogen (secondary N) is 1. The Hall–Kier alpha value is -2.58. The van der Waals surface area contributed by atoms with Gasteiger partial charge in [-0.05, 0) is 18.6 Å². The van der Waals surface area contributed by atoms with Gasteiger partial charge in [0.2, 0.25) is 5.91 Å². The third-order valence-corrected chi connectivity index (χ3v) is 4.27. The lowest BCUT2D eigenvalue weighted by Gasteiger charge is -2.28. The number of carbonyl (C=O) groups excluding carboxylic acids is 1. The van der Waals surface area contributed by atoms with Crippen LogP contribution in [0.5, 0.6) is 0 Å². The van der Waals surface area contributed by atoms with Crippen molar-refractivity contribution in [2.75, 3.05) is 32.1 Å². The normalized spacial score (nSPS) is 14.7. The Balaban J connectivity index is 1.94. The number of aromatic nitrogens is 3. The monoisotopic (exact) mass is 357 g/mol. The Bertz CT molecular complexity index is 769. The molecule has 2 N–H and O–H groups in total. The van der Waals surface area contributed by atoms with Crippen LogP contribution < -0.4 is 5.32 Å². The maximum absolute atomic E-state index is 11.7. The standard InChI is InChI=1S/C18H23N5O3/c1-12(24)23-8-6-14-16(10-23)21-18(15-5-3-4-7-19-15)22-17(14)20-9-13(25)11-26-2/h3-5,7,13,25H,6,8-11H2,1-2H3,(H,20,21,22)/t13-/m1/s1. The maximum Gasteiger partial charge on any atom is 0.219 e. The minimum absolute atomic E-state index is 0.0266. The first kappa shape index (κ1) is 18.2.